The molecule has 94 valence electrons. The summed E-state index contributed by atoms with van der Waals surface area (Å²) < 4.78 is 20.4. The van der Waals surface area contributed by atoms with E-state index in [0.29, 0.717) is 11.5 Å². The number of hydrogen-bond donors (Lipinski definition) is 1. The minimum Gasteiger partial charge on any atom is -0.488 e. The number of rotatable bonds is 3. The maximum absolute atomic E-state index is 13.9. The molecule has 0 spiro atoms. The Hall–Kier alpha value is -2.37. The Kier molecular flexibility index (Phi) is 3.01. The maximum Gasteiger partial charge on any atom is 0.269 e. The molecule has 0 aliphatic carbocycles. The van der Waals surface area contributed by atoms with Crippen LogP contribution in [0.2, 0.25) is 0 Å². The van der Waals surface area contributed by atoms with Gasteiger partial charge in [0.25, 0.3) is 5.91 Å². The van der Waals surface area contributed by atoms with Gasteiger partial charge in [-0.15, -0.1) is 0 Å². The monoisotopic (exact) mass is 249 g/mol. The van der Waals surface area contributed by atoms with Gasteiger partial charge in [0.15, 0.2) is 11.9 Å². The van der Waals surface area contributed by atoms with Gasteiger partial charge in [-0.1, -0.05) is 13.2 Å². The Morgan fingerprint density at radius 1 is 1.61 bits per heavy atom. The quantitative estimate of drug-likeness (QED) is 0.883. The van der Waals surface area contributed by atoms with Gasteiger partial charge in [0.1, 0.15) is 18.1 Å². The predicted molar refractivity (Wildman–Crippen MR) is 64.2 cm³/mol. The van der Waals surface area contributed by atoms with Crippen molar-refractivity contribution < 1.29 is 13.9 Å². The number of aromatic nitrogens is 2. The third-order valence-corrected chi connectivity index (χ3v) is 2.55. The molecule has 1 aromatic rings. The summed E-state index contributed by atoms with van der Waals surface area (Å²) >= 11 is 0. The van der Waals surface area contributed by atoms with E-state index in [1.807, 2.05) is 0 Å². The van der Waals surface area contributed by atoms with Gasteiger partial charge in [0.05, 0.1) is 5.69 Å². The normalized spacial score (nSPS) is 18.6. The molecule has 1 unspecified atom stereocenters. The fraction of sp³-hybridized carbons (Fsp3) is 0.167. The molecule has 2 rings (SSSR count). The molecule has 1 aliphatic rings. The van der Waals surface area contributed by atoms with Crippen molar-refractivity contribution in [1.82, 2.24) is 9.78 Å². The summed E-state index contributed by atoms with van der Waals surface area (Å²) in [6.45, 7) is 7.02. The molecule has 1 atom stereocenters. The highest BCUT2D eigenvalue weighted by molar-refractivity contribution is 5.91. The van der Waals surface area contributed by atoms with Crippen LogP contribution in [0.3, 0.4) is 0 Å². The number of ether oxygens (including phenoxy) is 1. The number of nitrogens with zero attached hydrogens (tertiary/aromatic N) is 2. The second-order valence-electron chi connectivity index (χ2n) is 3.67. The number of hydrogen-bond acceptors (Lipinski definition) is 3. The SMILES string of the molecule is C=CC1=C(C=C)n2nc(C(N)=O)cc2C(F)CO1. The molecule has 2 heterocycles. The fourth-order valence-corrected chi connectivity index (χ4v) is 1.71. The first kappa shape index (κ1) is 12.1. The second kappa shape index (κ2) is 4.48. The number of primary amides is 1. The van der Waals surface area contributed by atoms with E-state index in [4.69, 9.17) is 10.5 Å². The van der Waals surface area contributed by atoms with Crippen LogP contribution in [-0.2, 0) is 4.74 Å². The number of carbonyl (C=O) groups is 1. The van der Waals surface area contributed by atoms with Gasteiger partial charge in [0, 0.05) is 0 Å². The second-order valence-corrected chi connectivity index (χ2v) is 3.67. The van der Waals surface area contributed by atoms with Crippen LogP contribution < -0.4 is 5.73 Å². The van der Waals surface area contributed by atoms with Crippen LogP contribution in [-0.4, -0.2) is 22.3 Å². The third-order valence-electron chi connectivity index (χ3n) is 2.55. The van der Waals surface area contributed by atoms with Gasteiger partial charge in [-0.05, 0) is 18.2 Å². The minimum atomic E-state index is -1.40. The van der Waals surface area contributed by atoms with Crippen LogP contribution in [0.15, 0.2) is 37.1 Å². The van der Waals surface area contributed by atoms with Gasteiger partial charge in [0.2, 0.25) is 0 Å². The van der Waals surface area contributed by atoms with Crippen molar-refractivity contribution >= 4 is 11.6 Å². The maximum atomic E-state index is 13.9. The van der Waals surface area contributed by atoms with Crippen molar-refractivity contribution in [3.63, 3.8) is 0 Å². The number of halogens is 1. The van der Waals surface area contributed by atoms with E-state index in [-0.39, 0.29) is 18.0 Å². The molecule has 0 radical (unpaired) electrons. The number of alkyl halides is 1. The van der Waals surface area contributed by atoms with Gasteiger partial charge in [-0.25, -0.2) is 9.07 Å². The van der Waals surface area contributed by atoms with Crippen LogP contribution in [0.5, 0.6) is 0 Å². The lowest BCUT2D eigenvalue weighted by molar-refractivity contribution is 0.0995. The van der Waals surface area contributed by atoms with Crippen molar-refractivity contribution in [2.45, 2.75) is 6.17 Å². The summed E-state index contributed by atoms with van der Waals surface area (Å²) in [5, 5.41) is 3.96. The van der Waals surface area contributed by atoms with Crippen molar-refractivity contribution in [2.75, 3.05) is 6.61 Å². The largest absolute Gasteiger partial charge is 0.488 e. The molecule has 0 saturated heterocycles. The van der Waals surface area contributed by atoms with E-state index >= 15 is 0 Å². The molecule has 18 heavy (non-hydrogen) atoms. The lowest BCUT2D eigenvalue weighted by atomic mass is 10.2. The Bertz CT molecular complexity index is 560. The standard InChI is InChI=1S/C12H12FN3O2/c1-3-9-11(4-2)18-6-7(13)10-5-8(12(14)17)15-16(9)10/h3-5,7H,1-2,6H2,(H2,14,17). The zero-order chi connectivity index (χ0) is 13.3. The summed E-state index contributed by atoms with van der Waals surface area (Å²) in [4.78, 5) is 11.1. The molecule has 2 N–H and O–H groups in total. The molecule has 1 aromatic heterocycles. The molecular weight excluding hydrogens is 237 g/mol. The number of fused-ring (bicyclic) bond motifs is 1. The van der Waals surface area contributed by atoms with Gasteiger partial charge < -0.3 is 10.5 Å². The molecule has 1 amide bonds. The smallest absolute Gasteiger partial charge is 0.269 e. The molecule has 0 bridgehead atoms. The molecular formula is C12H12FN3O2. The first-order chi connectivity index (χ1) is 8.58. The fourth-order valence-electron chi connectivity index (χ4n) is 1.71. The molecule has 0 saturated carbocycles. The zero-order valence-electron chi connectivity index (χ0n) is 9.60. The Labute approximate surface area is 103 Å². The summed E-state index contributed by atoms with van der Waals surface area (Å²) in [5.41, 5.74) is 5.76. The van der Waals surface area contributed by atoms with Gasteiger partial charge in [-0.2, -0.15) is 5.10 Å². The highest BCUT2D eigenvalue weighted by atomic mass is 19.1. The van der Waals surface area contributed by atoms with Crippen LogP contribution >= 0.6 is 0 Å². The lowest BCUT2D eigenvalue weighted by Crippen LogP contribution is -2.12. The van der Waals surface area contributed by atoms with E-state index in [0.717, 1.165) is 0 Å². The highest BCUT2D eigenvalue weighted by Crippen LogP contribution is 2.29. The van der Waals surface area contributed by atoms with Crippen LogP contribution in [0.4, 0.5) is 4.39 Å². The highest BCUT2D eigenvalue weighted by Gasteiger charge is 2.26. The minimum absolute atomic E-state index is 0.00249. The van der Waals surface area contributed by atoms with E-state index in [1.165, 1.54) is 22.9 Å². The van der Waals surface area contributed by atoms with Crippen molar-refractivity contribution in [1.29, 1.82) is 0 Å². The first-order valence-electron chi connectivity index (χ1n) is 5.24. The van der Waals surface area contributed by atoms with Crippen LogP contribution in [0, 0.1) is 0 Å². The van der Waals surface area contributed by atoms with Crippen LogP contribution in [0.25, 0.3) is 5.70 Å². The van der Waals surface area contributed by atoms with E-state index in [9.17, 15) is 9.18 Å². The lowest BCUT2D eigenvalue weighted by Gasteiger charge is -2.06. The average Bonchev–Trinajstić information content (AvgIpc) is 2.74. The molecule has 1 aliphatic heterocycles. The van der Waals surface area contributed by atoms with E-state index in [2.05, 4.69) is 18.3 Å². The van der Waals surface area contributed by atoms with Gasteiger partial charge >= 0.3 is 0 Å². The van der Waals surface area contributed by atoms with Crippen molar-refractivity contribution in [2.24, 2.45) is 5.73 Å². The Balaban J connectivity index is 2.67. The number of nitrogens with two attached hydrogens (primary N) is 1. The zero-order valence-corrected chi connectivity index (χ0v) is 9.60. The van der Waals surface area contributed by atoms with E-state index in [1.54, 1.807) is 0 Å². The first-order valence-corrected chi connectivity index (χ1v) is 5.24. The summed E-state index contributed by atoms with van der Waals surface area (Å²) in [7, 11) is 0. The molecule has 0 aromatic carbocycles. The summed E-state index contributed by atoms with van der Waals surface area (Å²) in [6.07, 6.45) is 1.49. The average molecular weight is 249 g/mol. The topological polar surface area (TPSA) is 70.1 Å². The third kappa shape index (κ3) is 1.81. The number of amides is 1. The molecule has 5 nitrogen and oxygen atoms in total. The Morgan fingerprint density at radius 2 is 2.33 bits per heavy atom. The van der Waals surface area contributed by atoms with Crippen molar-refractivity contribution in [3.05, 3.63) is 48.5 Å². The number of carbonyl (C=O) groups excluding carboxylic acids is 1. The molecule has 0 fully saturated rings. The van der Waals surface area contributed by atoms with Gasteiger partial charge in [-0.3, -0.25) is 4.79 Å². The molecule has 6 heteroatoms. The predicted octanol–water partition coefficient (Wildman–Crippen LogP) is 1.56. The van der Waals surface area contributed by atoms with Crippen molar-refractivity contribution in [3.8, 4) is 0 Å². The Morgan fingerprint density at radius 3 is 2.89 bits per heavy atom. The van der Waals surface area contributed by atoms with E-state index < -0.39 is 12.1 Å². The van der Waals surface area contributed by atoms with Crippen LogP contribution in [0.1, 0.15) is 22.4 Å². The summed E-state index contributed by atoms with van der Waals surface area (Å²) in [5.74, 6) is -0.363. The number of allylic oxidation sites excluding steroid dienone is 3. The summed E-state index contributed by atoms with van der Waals surface area (Å²) in [6, 6.07) is 1.31.